The van der Waals surface area contributed by atoms with Crippen LogP contribution in [-0.2, 0) is 11.3 Å². The van der Waals surface area contributed by atoms with Gasteiger partial charge in [-0.3, -0.25) is 14.2 Å². The Morgan fingerprint density at radius 1 is 1.50 bits per heavy atom. The van der Waals surface area contributed by atoms with Gasteiger partial charge in [0, 0.05) is 11.0 Å². The quantitative estimate of drug-likeness (QED) is 0.946. The van der Waals surface area contributed by atoms with E-state index in [9.17, 15) is 9.59 Å². The van der Waals surface area contributed by atoms with Gasteiger partial charge in [-0.05, 0) is 18.2 Å². The van der Waals surface area contributed by atoms with Crippen LogP contribution in [0.5, 0.6) is 0 Å². The van der Waals surface area contributed by atoms with Crippen molar-refractivity contribution >= 4 is 43.5 Å². The second-order valence-electron chi connectivity index (χ2n) is 3.28. The number of fused-ring (bicyclic) bond motifs is 1. The van der Waals surface area contributed by atoms with Crippen LogP contribution in [0.4, 0.5) is 0 Å². The Labute approximate surface area is 103 Å². The monoisotopic (exact) mass is 301 g/mol. The summed E-state index contributed by atoms with van der Waals surface area (Å²) in [6.45, 7) is 0.218. The third-order valence-electron chi connectivity index (χ3n) is 2.18. The van der Waals surface area contributed by atoms with E-state index in [2.05, 4.69) is 15.9 Å². The van der Waals surface area contributed by atoms with E-state index >= 15 is 0 Å². The second kappa shape index (κ2) is 4.39. The average Bonchev–Trinajstić information content (AvgIpc) is 2.50. The Kier molecular flexibility index (Phi) is 3.11. The molecule has 0 aliphatic carbocycles. The van der Waals surface area contributed by atoms with Gasteiger partial charge in [-0.15, -0.1) is 0 Å². The first-order valence-corrected chi connectivity index (χ1v) is 6.19. The average molecular weight is 302 g/mol. The zero-order valence-electron chi connectivity index (χ0n) is 8.14. The molecule has 0 saturated heterocycles. The number of carboxylic acids is 1. The number of aliphatic carboxylic acids is 1. The molecule has 0 saturated carbocycles. The fourth-order valence-corrected chi connectivity index (χ4v) is 2.93. The number of hydrogen-bond acceptors (Lipinski definition) is 3. The van der Waals surface area contributed by atoms with E-state index in [1.54, 1.807) is 0 Å². The predicted molar refractivity (Wildman–Crippen MR) is 66.0 cm³/mol. The van der Waals surface area contributed by atoms with Crippen LogP contribution in [-0.4, -0.2) is 15.6 Å². The van der Waals surface area contributed by atoms with Gasteiger partial charge in [-0.1, -0.05) is 27.3 Å². The van der Waals surface area contributed by atoms with E-state index in [0.717, 1.165) is 26.0 Å². The van der Waals surface area contributed by atoms with E-state index in [0.29, 0.717) is 0 Å². The van der Waals surface area contributed by atoms with Crippen molar-refractivity contribution in [3.8, 4) is 0 Å². The lowest BCUT2D eigenvalue weighted by Gasteiger charge is -2.00. The van der Waals surface area contributed by atoms with E-state index in [1.165, 1.54) is 4.57 Å². The Balaban J connectivity index is 2.48. The van der Waals surface area contributed by atoms with Crippen molar-refractivity contribution in [3.05, 3.63) is 32.3 Å². The van der Waals surface area contributed by atoms with Crippen molar-refractivity contribution in [2.75, 3.05) is 0 Å². The number of aryl methyl sites for hydroxylation is 1. The lowest BCUT2D eigenvalue weighted by molar-refractivity contribution is -0.137. The van der Waals surface area contributed by atoms with Crippen molar-refractivity contribution in [2.45, 2.75) is 13.0 Å². The molecule has 0 spiro atoms. The van der Waals surface area contributed by atoms with Crippen LogP contribution in [0.15, 0.2) is 27.5 Å². The molecule has 1 heterocycles. The molecular formula is C10H8BrNO3S. The molecule has 0 aliphatic heterocycles. The summed E-state index contributed by atoms with van der Waals surface area (Å²) in [5.74, 6) is -0.900. The highest BCUT2D eigenvalue weighted by atomic mass is 79.9. The number of thiazole rings is 1. The summed E-state index contributed by atoms with van der Waals surface area (Å²) < 4.78 is 3.27. The Hall–Kier alpha value is -1.14. The van der Waals surface area contributed by atoms with Gasteiger partial charge in [-0.2, -0.15) is 0 Å². The first-order valence-electron chi connectivity index (χ1n) is 4.58. The summed E-state index contributed by atoms with van der Waals surface area (Å²) in [5, 5.41) is 8.60. The normalized spacial score (nSPS) is 10.8. The topological polar surface area (TPSA) is 59.3 Å². The van der Waals surface area contributed by atoms with Crippen molar-refractivity contribution < 1.29 is 9.90 Å². The Morgan fingerprint density at radius 2 is 2.25 bits per heavy atom. The summed E-state index contributed by atoms with van der Waals surface area (Å²) in [6.07, 6.45) is -0.0399. The molecule has 0 fully saturated rings. The maximum absolute atomic E-state index is 11.6. The molecule has 84 valence electrons. The van der Waals surface area contributed by atoms with Gasteiger partial charge >= 0.3 is 10.8 Å². The third-order valence-corrected chi connectivity index (χ3v) is 3.61. The maximum atomic E-state index is 11.6. The van der Waals surface area contributed by atoms with Gasteiger partial charge < -0.3 is 5.11 Å². The van der Waals surface area contributed by atoms with Gasteiger partial charge in [0.1, 0.15) is 0 Å². The van der Waals surface area contributed by atoms with E-state index < -0.39 is 5.97 Å². The number of nitrogens with zero attached hydrogens (tertiary/aromatic N) is 1. The molecule has 0 radical (unpaired) electrons. The highest BCUT2D eigenvalue weighted by molar-refractivity contribution is 9.10. The van der Waals surface area contributed by atoms with Crippen molar-refractivity contribution in [3.63, 3.8) is 0 Å². The number of benzene rings is 1. The SMILES string of the molecule is O=C(O)CCn1c(=O)sc2cc(Br)ccc21. The van der Waals surface area contributed by atoms with Crippen LogP contribution < -0.4 is 4.87 Å². The molecule has 0 aliphatic rings. The number of hydrogen-bond donors (Lipinski definition) is 1. The molecule has 0 amide bonds. The number of carbonyl (C=O) groups is 1. The molecule has 1 aromatic heterocycles. The lowest BCUT2D eigenvalue weighted by Crippen LogP contribution is -2.15. The van der Waals surface area contributed by atoms with E-state index in [-0.39, 0.29) is 17.8 Å². The molecule has 1 aromatic carbocycles. The number of rotatable bonds is 3. The maximum Gasteiger partial charge on any atom is 0.308 e. The van der Waals surface area contributed by atoms with Crippen LogP contribution in [0.2, 0.25) is 0 Å². The minimum atomic E-state index is -0.900. The largest absolute Gasteiger partial charge is 0.481 e. The number of aromatic nitrogens is 1. The molecule has 2 rings (SSSR count). The molecule has 0 unspecified atom stereocenters. The Morgan fingerprint density at radius 3 is 2.94 bits per heavy atom. The van der Waals surface area contributed by atoms with Gasteiger partial charge in [0.2, 0.25) is 0 Å². The minimum absolute atomic E-state index is 0.0399. The zero-order valence-corrected chi connectivity index (χ0v) is 10.5. The molecular weight excluding hydrogens is 294 g/mol. The first-order chi connectivity index (χ1) is 7.58. The van der Waals surface area contributed by atoms with E-state index in [4.69, 9.17) is 5.11 Å². The first kappa shape index (κ1) is 11.3. The summed E-state index contributed by atoms with van der Waals surface area (Å²) in [6, 6.07) is 5.52. The zero-order chi connectivity index (χ0) is 11.7. The number of halogens is 1. The van der Waals surface area contributed by atoms with Crippen LogP contribution >= 0.6 is 27.3 Å². The standard InChI is InChI=1S/C10H8BrNO3S/c11-6-1-2-7-8(5-6)16-10(15)12(7)4-3-9(13)14/h1-2,5H,3-4H2,(H,13,14). The molecule has 6 heteroatoms. The van der Waals surface area contributed by atoms with Crippen LogP contribution in [0.3, 0.4) is 0 Å². The summed E-state index contributed by atoms with van der Waals surface area (Å²) >= 11 is 4.46. The smallest absolute Gasteiger partial charge is 0.308 e. The Bertz CT molecular complexity index is 602. The molecule has 0 atom stereocenters. The highest BCUT2D eigenvalue weighted by Crippen LogP contribution is 2.22. The third kappa shape index (κ3) is 2.17. The van der Waals surface area contributed by atoms with Crippen molar-refractivity contribution in [1.29, 1.82) is 0 Å². The minimum Gasteiger partial charge on any atom is -0.481 e. The molecule has 2 aromatic rings. The highest BCUT2D eigenvalue weighted by Gasteiger charge is 2.08. The van der Waals surface area contributed by atoms with Crippen LogP contribution in [0.1, 0.15) is 6.42 Å². The van der Waals surface area contributed by atoms with Crippen molar-refractivity contribution in [1.82, 2.24) is 4.57 Å². The summed E-state index contributed by atoms with van der Waals surface area (Å²) in [7, 11) is 0. The molecule has 16 heavy (non-hydrogen) atoms. The molecule has 4 nitrogen and oxygen atoms in total. The number of carboxylic acid groups (broad SMARTS) is 1. The molecule has 1 N–H and O–H groups in total. The lowest BCUT2D eigenvalue weighted by atomic mass is 10.3. The second-order valence-corrected chi connectivity index (χ2v) is 5.18. The summed E-state index contributed by atoms with van der Waals surface area (Å²) in [4.78, 5) is 22.0. The van der Waals surface area contributed by atoms with Crippen molar-refractivity contribution in [2.24, 2.45) is 0 Å². The fraction of sp³-hybridized carbons (Fsp3) is 0.200. The van der Waals surface area contributed by atoms with Crippen LogP contribution in [0.25, 0.3) is 10.2 Å². The predicted octanol–water partition coefficient (Wildman–Crippen LogP) is 2.30. The van der Waals surface area contributed by atoms with Crippen LogP contribution in [0, 0.1) is 0 Å². The van der Waals surface area contributed by atoms with E-state index in [1.807, 2.05) is 18.2 Å². The summed E-state index contributed by atoms with van der Waals surface area (Å²) in [5.41, 5.74) is 0.791. The molecule has 0 bridgehead atoms. The van der Waals surface area contributed by atoms with Gasteiger partial charge in [-0.25, -0.2) is 0 Å². The van der Waals surface area contributed by atoms with Gasteiger partial charge in [0.15, 0.2) is 0 Å². The van der Waals surface area contributed by atoms with Gasteiger partial charge in [0.25, 0.3) is 0 Å². The van der Waals surface area contributed by atoms with Gasteiger partial charge in [0.05, 0.1) is 16.6 Å². The fourth-order valence-electron chi connectivity index (χ4n) is 1.46.